The zero-order valence-electron chi connectivity index (χ0n) is 13.0. The van der Waals surface area contributed by atoms with Crippen molar-refractivity contribution in [1.29, 1.82) is 0 Å². The molecule has 0 unspecified atom stereocenters. The summed E-state index contributed by atoms with van der Waals surface area (Å²) in [6.07, 6.45) is -0.832. The standard InChI is InChI=1S/C14H27N3O4/c1-3-20-9-13-10-21-5-4-16(13)7-12-8-17(14(18)19)11(2)6-15-12/h11-13,15H,3-10H2,1-2H3,(H,18,19)/t11-,12+,13-/m1/s1. The van der Waals surface area contributed by atoms with Crippen LogP contribution in [-0.2, 0) is 9.47 Å². The van der Waals surface area contributed by atoms with E-state index in [1.807, 2.05) is 13.8 Å². The first-order valence-corrected chi connectivity index (χ1v) is 7.74. The van der Waals surface area contributed by atoms with Crippen LogP contribution in [0.5, 0.6) is 0 Å². The van der Waals surface area contributed by atoms with Gasteiger partial charge in [0, 0.05) is 44.9 Å². The monoisotopic (exact) mass is 301 g/mol. The van der Waals surface area contributed by atoms with Gasteiger partial charge in [-0.3, -0.25) is 4.90 Å². The molecule has 0 aromatic carbocycles. The summed E-state index contributed by atoms with van der Waals surface area (Å²) in [4.78, 5) is 15.1. The van der Waals surface area contributed by atoms with E-state index in [2.05, 4.69) is 10.2 Å². The van der Waals surface area contributed by atoms with E-state index in [1.165, 1.54) is 4.90 Å². The molecule has 2 aliphatic heterocycles. The van der Waals surface area contributed by atoms with E-state index < -0.39 is 6.09 Å². The molecule has 2 rings (SSSR count). The number of carboxylic acid groups (broad SMARTS) is 1. The quantitative estimate of drug-likeness (QED) is 0.748. The maximum atomic E-state index is 11.3. The van der Waals surface area contributed by atoms with Crippen molar-refractivity contribution in [3.05, 3.63) is 0 Å². The minimum absolute atomic E-state index is 0.0302. The van der Waals surface area contributed by atoms with Gasteiger partial charge >= 0.3 is 6.09 Å². The summed E-state index contributed by atoms with van der Waals surface area (Å²) in [5, 5.41) is 12.7. The normalized spacial score (nSPS) is 31.3. The van der Waals surface area contributed by atoms with Crippen LogP contribution in [0.15, 0.2) is 0 Å². The number of hydrogen-bond acceptors (Lipinski definition) is 5. The van der Waals surface area contributed by atoms with Crippen LogP contribution >= 0.6 is 0 Å². The predicted octanol–water partition coefficient (Wildman–Crippen LogP) is 0.0640. The zero-order valence-corrected chi connectivity index (χ0v) is 13.0. The molecule has 7 heteroatoms. The van der Waals surface area contributed by atoms with Crippen molar-refractivity contribution >= 4 is 6.09 Å². The Bertz CT molecular complexity index is 342. The second kappa shape index (κ2) is 7.93. The molecule has 2 fully saturated rings. The molecule has 0 saturated carbocycles. The van der Waals surface area contributed by atoms with Crippen molar-refractivity contribution in [2.75, 3.05) is 52.6 Å². The molecule has 0 radical (unpaired) electrons. The maximum absolute atomic E-state index is 11.3. The van der Waals surface area contributed by atoms with E-state index in [0.29, 0.717) is 32.9 Å². The number of amides is 1. The van der Waals surface area contributed by atoms with E-state index >= 15 is 0 Å². The van der Waals surface area contributed by atoms with Crippen molar-refractivity contribution in [3.8, 4) is 0 Å². The minimum Gasteiger partial charge on any atom is -0.465 e. The van der Waals surface area contributed by atoms with E-state index in [4.69, 9.17) is 9.47 Å². The molecule has 2 N–H and O–H groups in total. The number of morpholine rings is 1. The Morgan fingerprint density at radius 3 is 3.05 bits per heavy atom. The molecule has 2 saturated heterocycles. The highest BCUT2D eigenvalue weighted by Crippen LogP contribution is 2.12. The second-order valence-corrected chi connectivity index (χ2v) is 5.77. The smallest absolute Gasteiger partial charge is 0.407 e. The van der Waals surface area contributed by atoms with Crippen LogP contribution in [0, 0.1) is 0 Å². The third-order valence-corrected chi connectivity index (χ3v) is 4.22. The molecular formula is C14H27N3O4. The highest BCUT2D eigenvalue weighted by Gasteiger charge is 2.31. The summed E-state index contributed by atoms with van der Waals surface area (Å²) in [5.41, 5.74) is 0. The fourth-order valence-corrected chi connectivity index (χ4v) is 2.94. The summed E-state index contributed by atoms with van der Waals surface area (Å²) in [7, 11) is 0. The van der Waals surface area contributed by atoms with Gasteiger partial charge in [-0.05, 0) is 13.8 Å². The molecule has 1 amide bonds. The zero-order chi connectivity index (χ0) is 15.2. The van der Waals surface area contributed by atoms with Gasteiger partial charge < -0.3 is 24.8 Å². The van der Waals surface area contributed by atoms with Crippen molar-refractivity contribution in [1.82, 2.24) is 15.1 Å². The van der Waals surface area contributed by atoms with Gasteiger partial charge in [-0.15, -0.1) is 0 Å². The van der Waals surface area contributed by atoms with Crippen molar-refractivity contribution in [3.63, 3.8) is 0 Å². The summed E-state index contributed by atoms with van der Waals surface area (Å²) in [5.74, 6) is 0. The topological polar surface area (TPSA) is 74.3 Å². The molecule has 21 heavy (non-hydrogen) atoms. The fourth-order valence-electron chi connectivity index (χ4n) is 2.94. The van der Waals surface area contributed by atoms with Gasteiger partial charge in [-0.2, -0.15) is 0 Å². The number of rotatable bonds is 5. The molecule has 0 bridgehead atoms. The molecule has 122 valence electrons. The van der Waals surface area contributed by atoms with Crippen LogP contribution < -0.4 is 5.32 Å². The highest BCUT2D eigenvalue weighted by molar-refractivity contribution is 5.65. The number of nitrogens with one attached hydrogen (secondary N) is 1. The van der Waals surface area contributed by atoms with E-state index in [9.17, 15) is 9.90 Å². The number of hydrogen-bond donors (Lipinski definition) is 2. The molecule has 2 heterocycles. The summed E-state index contributed by atoms with van der Waals surface area (Å²) >= 11 is 0. The minimum atomic E-state index is -0.832. The number of piperazine rings is 1. The van der Waals surface area contributed by atoms with Crippen LogP contribution in [-0.4, -0.2) is 91.7 Å². The van der Waals surface area contributed by atoms with Gasteiger partial charge in [0.25, 0.3) is 0 Å². The Kier molecular flexibility index (Phi) is 6.22. The third kappa shape index (κ3) is 4.54. The van der Waals surface area contributed by atoms with Crippen LogP contribution in [0.25, 0.3) is 0 Å². The number of nitrogens with zero attached hydrogens (tertiary/aromatic N) is 2. The van der Waals surface area contributed by atoms with Gasteiger partial charge in [0.2, 0.25) is 0 Å². The molecule has 0 spiro atoms. The first-order valence-electron chi connectivity index (χ1n) is 7.74. The van der Waals surface area contributed by atoms with Crippen molar-refractivity contribution in [2.24, 2.45) is 0 Å². The molecule has 7 nitrogen and oxygen atoms in total. The maximum Gasteiger partial charge on any atom is 0.407 e. The van der Waals surface area contributed by atoms with Crippen LogP contribution in [0.1, 0.15) is 13.8 Å². The second-order valence-electron chi connectivity index (χ2n) is 5.77. The van der Waals surface area contributed by atoms with Gasteiger partial charge in [-0.1, -0.05) is 0 Å². The first kappa shape index (κ1) is 16.5. The fraction of sp³-hybridized carbons (Fsp3) is 0.929. The molecule has 2 aliphatic rings. The van der Waals surface area contributed by atoms with Crippen LogP contribution in [0.3, 0.4) is 0 Å². The Morgan fingerprint density at radius 2 is 2.33 bits per heavy atom. The Labute approximate surface area is 126 Å². The summed E-state index contributed by atoms with van der Waals surface area (Å²) in [6.45, 7) is 9.66. The van der Waals surface area contributed by atoms with Crippen molar-refractivity contribution in [2.45, 2.75) is 32.0 Å². The third-order valence-electron chi connectivity index (χ3n) is 4.22. The first-order chi connectivity index (χ1) is 10.1. The lowest BCUT2D eigenvalue weighted by atomic mass is 10.1. The van der Waals surface area contributed by atoms with E-state index in [-0.39, 0.29) is 18.1 Å². The SMILES string of the molecule is CCOC[C@@H]1COCCN1C[C@H]1CN(C(=O)O)[C@H](C)CN1. The number of carbonyl (C=O) groups is 1. The van der Waals surface area contributed by atoms with Crippen molar-refractivity contribution < 1.29 is 19.4 Å². The summed E-state index contributed by atoms with van der Waals surface area (Å²) < 4.78 is 11.1. The molecular weight excluding hydrogens is 274 g/mol. The molecule has 0 aromatic rings. The average Bonchev–Trinajstić information content (AvgIpc) is 2.48. The number of ether oxygens (including phenoxy) is 2. The Balaban J connectivity index is 1.88. The summed E-state index contributed by atoms with van der Waals surface area (Å²) in [6, 6.07) is 0.459. The largest absolute Gasteiger partial charge is 0.465 e. The van der Waals surface area contributed by atoms with E-state index in [1.54, 1.807) is 0 Å². The van der Waals surface area contributed by atoms with Gasteiger partial charge in [0.05, 0.1) is 25.9 Å². The average molecular weight is 301 g/mol. The molecule has 0 aliphatic carbocycles. The lowest BCUT2D eigenvalue weighted by Gasteiger charge is -2.42. The highest BCUT2D eigenvalue weighted by atomic mass is 16.5. The van der Waals surface area contributed by atoms with E-state index in [0.717, 1.165) is 19.7 Å². The van der Waals surface area contributed by atoms with Crippen LogP contribution in [0.2, 0.25) is 0 Å². The Morgan fingerprint density at radius 1 is 1.52 bits per heavy atom. The van der Waals surface area contributed by atoms with Crippen LogP contribution in [0.4, 0.5) is 4.79 Å². The predicted molar refractivity (Wildman–Crippen MR) is 78.7 cm³/mol. The van der Waals surface area contributed by atoms with Gasteiger partial charge in [0.1, 0.15) is 0 Å². The van der Waals surface area contributed by atoms with Gasteiger partial charge in [-0.25, -0.2) is 4.79 Å². The lowest BCUT2D eigenvalue weighted by molar-refractivity contribution is -0.0470. The molecule has 0 aromatic heterocycles. The molecule has 3 atom stereocenters. The lowest BCUT2D eigenvalue weighted by Crippen LogP contribution is -2.61. The Hall–Kier alpha value is -0.890. The van der Waals surface area contributed by atoms with Gasteiger partial charge in [0.15, 0.2) is 0 Å².